The lowest BCUT2D eigenvalue weighted by atomic mass is 10.00. The molecule has 4 aromatic rings. The average Bonchev–Trinajstić information content (AvgIpc) is 3.52. The van der Waals surface area contributed by atoms with Gasteiger partial charge in [-0.05, 0) is 68.1 Å². The maximum absolute atomic E-state index is 14.2. The summed E-state index contributed by atoms with van der Waals surface area (Å²) in [5.41, 5.74) is 4.63. The van der Waals surface area contributed by atoms with Crippen molar-refractivity contribution in [1.29, 1.82) is 0 Å². The number of nitrogens with zero attached hydrogens (tertiary/aromatic N) is 3. The number of aromatic nitrogens is 2. The van der Waals surface area contributed by atoms with Gasteiger partial charge in [-0.2, -0.15) is 0 Å². The van der Waals surface area contributed by atoms with Crippen LogP contribution in [0.3, 0.4) is 0 Å². The van der Waals surface area contributed by atoms with Gasteiger partial charge >= 0.3 is 0 Å². The summed E-state index contributed by atoms with van der Waals surface area (Å²) in [6.07, 6.45) is 4.05. The number of amides is 2. The van der Waals surface area contributed by atoms with Gasteiger partial charge in [0.15, 0.2) is 0 Å². The zero-order valence-electron chi connectivity index (χ0n) is 22.1. The monoisotopic (exact) mass is 512 g/mol. The fraction of sp³-hybridized carbons (Fsp3) is 0.323. The zero-order chi connectivity index (χ0) is 26.8. The largest absolute Gasteiger partial charge is 0.351 e. The molecular formula is C31H33FN4O2. The molecule has 3 aromatic carbocycles. The van der Waals surface area contributed by atoms with E-state index in [2.05, 4.69) is 10.3 Å². The van der Waals surface area contributed by atoms with Crippen molar-refractivity contribution in [3.05, 3.63) is 101 Å². The predicted octanol–water partition coefficient (Wildman–Crippen LogP) is 5.77. The number of nitrogens with one attached hydrogen (secondary N) is 1. The van der Waals surface area contributed by atoms with Gasteiger partial charge in [0.2, 0.25) is 5.91 Å². The summed E-state index contributed by atoms with van der Waals surface area (Å²) in [6, 6.07) is 18.5. The molecule has 6 nitrogen and oxygen atoms in total. The number of halogens is 1. The molecule has 1 aliphatic carbocycles. The van der Waals surface area contributed by atoms with Crippen LogP contribution in [0.5, 0.6) is 0 Å². The molecule has 196 valence electrons. The number of carbonyl (C=O) groups excluding carboxylic acids is 2. The molecule has 1 saturated carbocycles. The molecule has 1 atom stereocenters. The minimum Gasteiger partial charge on any atom is -0.351 e. The molecule has 7 heteroatoms. The van der Waals surface area contributed by atoms with Gasteiger partial charge in [-0.25, -0.2) is 9.37 Å². The van der Waals surface area contributed by atoms with E-state index in [1.807, 2.05) is 55.8 Å². The minimum absolute atomic E-state index is 0.103. The molecule has 1 aliphatic rings. The standard InChI is InChI=1S/C31H33FN4O2/c1-20-8-12-23(13-9-20)29(30(37)34-26-6-4-5-7-26)36(19-22-10-15-25(32)16-11-22)31(38)24-14-17-28-27(18-24)33-21(2)35(28)3/h8-18,26,29H,4-7,19H2,1-3H3,(H,34,37). The smallest absolute Gasteiger partial charge is 0.255 e. The number of hydrogen-bond acceptors (Lipinski definition) is 3. The number of benzene rings is 3. The van der Waals surface area contributed by atoms with Crippen LogP contribution in [0.15, 0.2) is 66.7 Å². The van der Waals surface area contributed by atoms with Gasteiger partial charge in [0, 0.05) is 25.2 Å². The molecule has 1 fully saturated rings. The van der Waals surface area contributed by atoms with E-state index in [0.29, 0.717) is 5.56 Å². The Morgan fingerprint density at radius 3 is 2.39 bits per heavy atom. The van der Waals surface area contributed by atoms with Gasteiger partial charge in [0.05, 0.1) is 11.0 Å². The van der Waals surface area contributed by atoms with E-state index in [0.717, 1.165) is 59.2 Å². The summed E-state index contributed by atoms with van der Waals surface area (Å²) < 4.78 is 15.7. The first-order chi connectivity index (χ1) is 18.3. The summed E-state index contributed by atoms with van der Waals surface area (Å²) >= 11 is 0. The fourth-order valence-corrected chi connectivity index (χ4v) is 5.26. The van der Waals surface area contributed by atoms with Gasteiger partial charge in [-0.15, -0.1) is 0 Å². The first-order valence-electron chi connectivity index (χ1n) is 13.2. The molecular weight excluding hydrogens is 479 g/mol. The number of imidazole rings is 1. The fourth-order valence-electron chi connectivity index (χ4n) is 5.26. The van der Waals surface area contributed by atoms with Crippen molar-refractivity contribution in [3.63, 3.8) is 0 Å². The quantitative estimate of drug-likeness (QED) is 0.342. The number of hydrogen-bond donors (Lipinski definition) is 1. The van der Waals surface area contributed by atoms with Crippen LogP contribution in [-0.4, -0.2) is 32.3 Å². The molecule has 0 aliphatic heterocycles. The zero-order valence-corrected chi connectivity index (χ0v) is 22.1. The van der Waals surface area contributed by atoms with E-state index in [1.165, 1.54) is 12.1 Å². The Bertz CT molecular complexity index is 1450. The highest BCUT2D eigenvalue weighted by Crippen LogP contribution is 2.29. The first-order valence-corrected chi connectivity index (χ1v) is 13.2. The first kappa shape index (κ1) is 25.6. The Kier molecular flexibility index (Phi) is 7.27. The maximum Gasteiger partial charge on any atom is 0.255 e. The summed E-state index contributed by atoms with van der Waals surface area (Å²) in [5, 5.41) is 3.21. The Labute approximate surface area is 222 Å². The number of fused-ring (bicyclic) bond motifs is 1. The summed E-state index contributed by atoms with van der Waals surface area (Å²) in [5.74, 6) is 0.00977. The lowest BCUT2D eigenvalue weighted by molar-refractivity contribution is -0.126. The molecule has 5 rings (SSSR count). The molecule has 1 unspecified atom stereocenters. The van der Waals surface area contributed by atoms with Crippen molar-refractivity contribution in [3.8, 4) is 0 Å². The highest BCUT2D eigenvalue weighted by molar-refractivity contribution is 6.00. The van der Waals surface area contributed by atoms with Crippen molar-refractivity contribution in [2.24, 2.45) is 7.05 Å². The number of aryl methyl sites for hydroxylation is 3. The molecule has 1 aromatic heterocycles. The van der Waals surface area contributed by atoms with Gasteiger partial charge in [-0.1, -0.05) is 54.8 Å². The van der Waals surface area contributed by atoms with Crippen LogP contribution in [-0.2, 0) is 18.4 Å². The molecule has 38 heavy (non-hydrogen) atoms. The third kappa shape index (κ3) is 5.32. The SMILES string of the molecule is Cc1ccc(C(C(=O)NC2CCCC2)N(Cc2ccc(F)cc2)C(=O)c2ccc3c(c2)nc(C)n3C)cc1. The molecule has 0 radical (unpaired) electrons. The Morgan fingerprint density at radius 1 is 1.03 bits per heavy atom. The van der Waals surface area contributed by atoms with E-state index in [4.69, 9.17) is 0 Å². The van der Waals surface area contributed by atoms with Gasteiger partial charge in [0.25, 0.3) is 5.91 Å². The highest BCUT2D eigenvalue weighted by Gasteiger charge is 2.34. The number of rotatable bonds is 7. The van der Waals surface area contributed by atoms with Crippen molar-refractivity contribution in [2.45, 2.75) is 58.2 Å². The molecule has 1 heterocycles. The van der Waals surface area contributed by atoms with E-state index in [-0.39, 0.29) is 30.2 Å². The van der Waals surface area contributed by atoms with Crippen molar-refractivity contribution >= 4 is 22.8 Å². The van der Waals surface area contributed by atoms with Crippen LogP contribution in [0.4, 0.5) is 4.39 Å². The van der Waals surface area contributed by atoms with Crippen molar-refractivity contribution in [1.82, 2.24) is 19.8 Å². The Morgan fingerprint density at radius 2 is 1.71 bits per heavy atom. The normalized spacial score (nSPS) is 14.5. The van der Waals surface area contributed by atoms with Gasteiger partial charge < -0.3 is 14.8 Å². The lowest BCUT2D eigenvalue weighted by Crippen LogP contribution is -2.45. The number of carbonyl (C=O) groups is 2. The Hall–Kier alpha value is -4.00. The average molecular weight is 513 g/mol. The third-order valence-corrected chi connectivity index (χ3v) is 7.53. The second-order valence-corrected chi connectivity index (χ2v) is 10.3. The van der Waals surface area contributed by atoms with E-state index < -0.39 is 6.04 Å². The van der Waals surface area contributed by atoms with E-state index in [1.54, 1.807) is 29.2 Å². The molecule has 0 bridgehead atoms. The van der Waals surface area contributed by atoms with E-state index >= 15 is 0 Å². The predicted molar refractivity (Wildman–Crippen MR) is 146 cm³/mol. The van der Waals surface area contributed by atoms with E-state index in [9.17, 15) is 14.0 Å². The summed E-state index contributed by atoms with van der Waals surface area (Å²) in [6.45, 7) is 4.06. The minimum atomic E-state index is -0.852. The van der Waals surface area contributed by atoms with Crippen LogP contribution in [0.25, 0.3) is 11.0 Å². The molecule has 2 amide bonds. The second kappa shape index (κ2) is 10.8. The molecule has 1 N–H and O–H groups in total. The molecule has 0 spiro atoms. The van der Waals surface area contributed by atoms with Crippen LogP contribution in [0.2, 0.25) is 0 Å². The van der Waals surface area contributed by atoms with Crippen LogP contribution in [0, 0.1) is 19.7 Å². The Balaban J connectivity index is 1.58. The highest BCUT2D eigenvalue weighted by atomic mass is 19.1. The van der Waals surface area contributed by atoms with Crippen LogP contribution >= 0.6 is 0 Å². The maximum atomic E-state index is 14.2. The molecule has 0 saturated heterocycles. The summed E-state index contributed by atoms with van der Waals surface area (Å²) in [4.78, 5) is 34.3. The summed E-state index contributed by atoms with van der Waals surface area (Å²) in [7, 11) is 1.94. The van der Waals surface area contributed by atoms with Crippen LogP contribution < -0.4 is 5.32 Å². The van der Waals surface area contributed by atoms with Crippen molar-refractivity contribution < 1.29 is 14.0 Å². The van der Waals surface area contributed by atoms with Gasteiger partial charge in [0.1, 0.15) is 17.7 Å². The van der Waals surface area contributed by atoms with Crippen LogP contribution in [0.1, 0.15) is 64.6 Å². The van der Waals surface area contributed by atoms with Crippen molar-refractivity contribution in [2.75, 3.05) is 0 Å². The lowest BCUT2D eigenvalue weighted by Gasteiger charge is -2.32. The third-order valence-electron chi connectivity index (χ3n) is 7.53. The van der Waals surface area contributed by atoms with Gasteiger partial charge in [-0.3, -0.25) is 9.59 Å². The topological polar surface area (TPSA) is 67.2 Å². The second-order valence-electron chi connectivity index (χ2n) is 10.3.